The minimum absolute atomic E-state index is 0.0477. The third kappa shape index (κ3) is 11.2. The average molecular weight is 435 g/mol. The quantitative estimate of drug-likeness (QED) is 0.0988. The Labute approximate surface area is 179 Å². The third-order valence-corrected chi connectivity index (χ3v) is 4.09. The van der Waals surface area contributed by atoms with Gasteiger partial charge < -0.3 is 38.3 Å². The molecule has 0 heterocycles. The lowest BCUT2D eigenvalue weighted by Gasteiger charge is -2.15. The van der Waals surface area contributed by atoms with Crippen LogP contribution in [0.25, 0.3) is 0 Å². The number of carbonyl (C=O) groups excluding carboxylic acids is 3. The second kappa shape index (κ2) is 13.5. The van der Waals surface area contributed by atoms with Gasteiger partial charge in [0.1, 0.15) is 6.04 Å². The summed E-state index contributed by atoms with van der Waals surface area (Å²) in [5.41, 5.74) is 16.8. The number of nitrogens with one attached hydrogen (secondary N) is 3. The molecule has 12 nitrogen and oxygen atoms in total. The van der Waals surface area contributed by atoms with Crippen LogP contribution in [-0.4, -0.2) is 66.5 Å². The zero-order valence-corrected chi connectivity index (χ0v) is 17.0. The van der Waals surface area contributed by atoms with Gasteiger partial charge in [0.05, 0.1) is 19.1 Å². The van der Waals surface area contributed by atoms with Crippen molar-refractivity contribution < 1.29 is 24.3 Å². The summed E-state index contributed by atoms with van der Waals surface area (Å²) in [6.45, 7) is -0.474. The van der Waals surface area contributed by atoms with E-state index in [1.807, 2.05) is 0 Å². The Bertz CT molecular complexity index is 781. The Kier molecular flexibility index (Phi) is 11.1. The van der Waals surface area contributed by atoms with Gasteiger partial charge in [0.2, 0.25) is 17.7 Å². The van der Waals surface area contributed by atoms with Crippen LogP contribution in [0.5, 0.6) is 0 Å². The molecule has 0 saturated heterocycles. The number of carboxylic acid groups (broad SMARTS) is 1. The van der Waals surface area contributed by atoms with Gasteiger partial charge in [-0.25, -0.2) is 4.79 Å². The number of guanidine groups is 1. The molecule has 0 saturated carbocycles. The van der Waals surface area contributed by atoms with E-state index in [0.29, 0.717) is 19.4 Å². The number of aliphatic imine (C=N–C) groups is 1. The smallest absolute Gasteiger partial charge is 0.326 e. The summed E-state index contributed by atoms with van der Waals surface area (Å²) >= 11 is 0. The molecular formula is C19H29N7O5. The standard InChI is InChI=1S/C19H29N7O5/c20-13(7-4-8-23-19(21)22)17(29)25-10-15(27)24-11-16(28)26-14(18(30)31)9-12-5-2-1-3-6-12/h1-3,5-6,13-14H,4,7-11,20H2,(H,24,27)(H,25,29)(H,26,28)(H,30,31)(H4,21,22,23). The van der Waals surface area contributed by atoms with Crippen molar-refractivity contribution in [2.24, 2.45) is 22.2 Å². The highest BCUT2D eigenvalue weighted by atomic mass is 16.4. The Morgan fingerprint density at radius 2 is 1.65 bits per heavy atom. The van der Waals surface area contributed by atoms with Crippen LogP contribution in [0, 0.1) is 0 Å². The highest BCUT2D eigenvalue weighted by molar-refractivity contribution is 5.90. The minimum atomic E-state index is -1.19. The van der Waals surface area contributed by atoms with Crippen LogP contribution < -0.4 is 33.2 Å². The average Bonchev–Trinajstić information content (AvgIpc) is 2.73. The van der Waals surface area contributed by atoms with Crippen LogP contribution in [0.1, 0.15) is 18.4 Å². The largest absolute Gasteiger partial charge is 0.480 e. The molecular weight excluding hydrogens is 406 g/mol. The van der Waals surface area contributed by atoms with Gasteiger partial charge in [-0.1, -0.05) is 30.3 Å². The van der Waals surface area contributed by atoms with Crippen LogP contribution in [0.2, 0.25) is 0 Å². The molecule has 3 amide bonds. The highest BCUT2D eigenvalue weighted by Gasteiger charge is 2.20. The number of hydrogen-bond donors (Lipinski definition) is 7. The van der Waals surface area contributed by atoms with E-state index in [0.717, 1.165) is 5.56 Å². The van der Waals surface area contributed by atoms with Gasteiger partial charge in [0.25, 0.3) is 0 Å². The van der Waals surface area contributed by atoms with E-state index in [2.05, 4.69) is 20.9 Å². The van der Waals surface area contributed by atoms with Gasteiger partial charge >= 0.3 is 5.97 Å². The highest BCUT2D eigenvalue weighted by Crippen LogP contribution is 2.03. The second-order valence-corrected chi connectivity index (χ2v) is 6.70. The van der Waals surface area contributed by atoms with Gasteiger partial charge in [0, 0.05) is 13.0 Å². The SMILES string of the molecule is NC(N)=NCCCC(N)C(=O)NCC(=O)NCC(=O)NC(Cc1ccccc1)C(=O)O. The summed E-state index contributed by atoms with van der Waals surface area (Å²) in [5, 5.41) is 16.3. The first kappa shape index (κ1) is 25.4. The van der Waals surface area contributed by atoms with E-state index in [1.165, 1.54) is 0 Å². The zero-order valence-electron chi connectivity index (χ0n) is 17.0. The molecule has 0 bridgehead atoms. The minimum Gasteiger partial charge on any atom is -0.480 e. The molecule has 0 radical (unpaired) electrons. The first-order valence-electron chi connectivity index (χ1n) is 9.60. The lowest BCUT2D eigenvalue weighted by molar-refractivity contribution is -0.141. The number of hydrogen-bond acceptors (Lipinski definition) is 6. The van der Waals surface area contributed by atoms with Crippen LogP contribution in [0.15, 0.2) is 35.3 Å². The molecule has 1 aromatic rings. The zero-order chi connectivity index (χ0) is 23.2. The number of carbonyl (C=O) groups is 4. The Hall–Kier alpha value is -3.67. The third-order valence-electron chi connectivity index (χ3n) is 4.09. The number of nitrogens with two attached hydrogens (primary N) is 3. The van der Waals surface area contributed by atoms with E-state index >= 15 is 0 Å². The van der Waals surface area contributed by atoms with Gasteiger partial charge in [-0.15, -0.1) is 0 Å². The molecule has 0 aliphatic carbocycles. The van der Waals surface area contributed by atoms with Crippen molar-refractivity contribution in [3.8, 4) is 0 Å². The molecule has 31 heavy (non-hydrogen) atoms. The molecule has 0 aromatic heterocycles. The number of nitrogens with zero attached hydrogens (tertiary/aromatic N) is 1. The molecule has 10 N–H and O–H groups in total. The molecule has 0 aliphatic rings. The van der Waals surface area contributed by atoms with E-state index < -0.39 is 42.3 Å². The number of aliphatic carboxylic acids is 1. The second-order valence-electron chi connectivity index (χ2n) is 6.70. The van der Waals surface area contributed by atoms with Crippen molar-refractivity contribution in [3.63, 3.8) is 0 Å². The maximum atomic E-state index is 12.0. The van der Waals surface area contributed by atoms with E-state index in [1.54, 1.807) is 30.3 Å². The predicted molar refractivity (Wildman–Crippen MR) is 114 cm³/mol. The number of amides is 3. The van der Waals surface area contributed by atoms with Crippen molar-refractivity contribution in [2.45, 2.75) is 31.3 Å². The number of carboxylic acids is 1. The lowest BCUT2D eigenvalue weighted by Crippen LogP contribution is -2.49. The fourth-order valence-electron chi connectivity index (χ4n) is 2.49. The lowest BCUT2D eigenvalue weighted by atomic mass is 10.1. The van der Waals surface area contributed by atoms with Crippen molar-refractivity contribution in [1.29, 1.82) is 0 Å². The monoisotopic (exact) mass is 435 g/mol. The molecule has 12 heteroatoms. The molecule has 1 aromatic carbocycles. The summed E-state index contributed by atoms with van der Waals surface area (Å²) in [6.07, 6.45) is 0.921. The fourth-order valence-corrected chi connectivity index (χ4v) is 2.49. The summed E-state index contributed by atoms with van der Waals surface area (Å²) < 4.78 is 0. The normalized spacial score (nSPS) is 12.2. The van der Waals surface area contributed by atoms with Gasteiger partial charge in [-0.2, -0.15) is 0 Å². The topological polar surface area (TPSA) is 215 Å². The molecule has 1 rings (SSSR count). The maximum Gasteiger partial charge on any atom is 0.326 e. The van der Waals surface area contributed by atoms with Crippen molar-refractivity contribution in [3.05, 3.63) is 35.9 Å². The van der Waals surface area contributed by atoms with Crippen LogP contribution >= 0.6 is 0 Å². The first-order chi connectivity index (χ1) is 14.7. The molecule has 2 atom stereocenters. The van der Waals surface area contributed by atoms with Gasteiger partial charge in [0.15, 0.2) is 5.96 Å². The molecule has 2 unspecified atom stereocenters. The van der Waals surface area contributed by atoms with Crippen LogP contribution in [0.4, 0.5) is 0 Å². The number of rotatable bonds is 13. The van der Waals surface area contributed by atoms with Crippen LogP contribution in [-0.2, 0) is 25.6 Å². The summed E-state index contributed by atoms with van der Waals surface area (Å²) in [6, 6.07) is 6.85. The number of benzene rings is 1. The Morgan fingerprint density at radius 3 is 2.26 bits per heavy atom. The van der Waals surface area contributed by atoms with Gasteiger partial charge in [-0.05, 0) is 18.4 Å². The van der Waals surface area contributed by atoms with Crippen molar-refractivity contribution in [2.75, 3.05) is 19.6 Å². The van der Waals surface area contributed by atoms with Crippen LogP contribution in [0.3, 0.4) is 0 Å². The van der Waals surface area contributed by atoms with Crippen molar-refractivity contribution >= 4 is 29.7 Å². The first-order valence-corrected chi connectivity index (χ1v) is 9.60. The fraction of sp³-hybridized carbons (Fsp3) is 0.421. The predicted octanol–water partition coefficient (Wildman–Crippen LogP) is -2.59. The molecule has 0 spiro atoms. The van der Waals surface area contributed by atoms with E-state index in [9.17, 15) is 24.3 Å². The molecule has 170 valence electrons. The Balaban J connectivity index is 2.32. The van der Waals surface area contributed by atoms with E-state index in [-0.39, 0.29) is 18.9 Å². The van der Waals surface area contributed by atoms with Gasteiger partial charge in [-0.3, -0.25) is 19.4 Å². The summed E-state index contributed by atoms with van der Waals surface area (Å²) in [5.74, 6) is -3.05. The maximum absolute atomic E-state index is 12.0. The van der Waals surface area contributed by atoms with Crippen molar-refractivity contribution in [1.82, 2.24) is 16.0 Å². The molecule has 0 aliphatic heterocycles. The van der Waals surface area contributed by atoms with E-state index in [4.69, 9.17) is 17.2 Å². The summed E-state index contributed by atoms with van der Waals surface area (Å²) in [7, 11) is 0. The molecule has 0 fully saturated rings. The Morgan fingerprint density at radius 1 is 1.00 bits per heavy atom. The summed E-state index contributed by atoms with van der Waals surface area (Å²) in [4.78, 5) is 50.8.